The molecule has 10 heteroatoms. The minimum absolute atomic E-state index is 0.234. The number of aryl methyl sites for hydroxylation is 3. The van der Waals surface area contributed by atoms with Gasteiger partial charge in [-0.25, -0.2) is 9.10 Å². The van der Waals surface area contributed by atoms with Gasteiger partial charge in [-0.05, 0) is 69.2 Å². The van der Waals surface area contributed by atoms with Crippen molar-refractivity contribution in [2.24, 2.45) is 0 Å². The van der Waals surface area contributed by atoms with Crippen molar-refractivity contribution >= 4 is 44.1 Å². The average molecular weight is 494 g/mol. The molecule has 0 spiro atoms. The van der Waals surface area contributed by atoms with Crippen molar-refractivity contribution in [1.82, 2.24) is 4.31 Å². The van der Waals surface area contributed by atoms with Gasteiger partial charge in [0.15, 0.2) is 0 Å². The zero-order valence-corrected chi connectivity index (χ0v) is 21.4. The second kappa shape index (κ2) is 10.2. The van der Waals surface area contributed by atoms with Crippen LogP contribution in [-0.4, -0.2) is 51.8 Å². The second-order valence-electron chi connectivity index (χ2n) is 8.27. The molecule has 1 aromatic heterocycles. The van der Waals surface area contributed by atoms with E-state index in [1.807, 2.05) is 19.1 Å². The lowest BCUT2D eigenvalue weighted by Crippen LogP contribution is -2.44. The van der Waals surface area contributed by atoms with Gasteiger partial charge in [0.25, 0.3) is 0 Å². The largest absolute Gasteiger partial charge is 0.462 e. The lowest BCUT2D eigenvalue weighted by atomic mass is 9.95. The van der Waals surface area contributed by atoms with E-state index in [1.54, 1.807) is 19.9 Å². The number of rotatable bonds is 8. The molecule has 1 N–H and O–H groups in total. The van der Waals surface area contributed by atoms with Crippen molar-refractivity contribution in [3.63, 3.8) is 0 Å². The summed E-state index contributed by atoms with van der Waals surface area (Å²) in [5.41, 5.74) is 3.39. The zero-order chi connectivity index (χ0) is 24.3. The Balaban J connectivity index is 1.95. The van der Waals surface area contributed by atoms with Crippen LogP contribution in [0.1, 0.15) is 51.7 Å². The van der Waals surface area contributed by atoms with Crippen molar-refractivity contribution in [2.45, 2.75) is 46.5 Å². The van der Waals surface area contributed by atoms with Crippen LogP contribution in [0.15, 0.2) is 18.2 Å². The zero-order valence-electron chi connectivity index (χ0n) is 19.7. The van der Waals surface area contributed by atoms with Crippen molar-refractivity contribution in [1.29, 1.82) is 0 Å². The standard InChI is InChI=1S/C23H31N3O5S2/c1-6-31-23(28)21-17-9-7-8-10-19(17)32-22(21)24-20(27)14-26(33(29,30)25(4)5)18-13-15(2)11-12-16(18)3/h11-13H,6-10,14H2,1-5H3,(H,24,27). The molecule has 1 aliphatic carbocycles. The van der Waals surface area contributed by atoms with Crippen molar-refractivity contribution in [2.75, 3.05) is 36.9 Å². The number of ether oxygens (including phenoxy) is 1. The number of nitrogens with zero attached hydrogens (tertiary/aromatic N) is 2. The van der Waals surface area contributed by atoms with E-state index in [2.05, 4.69) is 5.32 Å². The monoisotopic (exact) mass is 493 g/mol. The maximum absolute atomic E-state index is 13.1. The van der Waals surface area contributed by atoms with Gasteiger partial charge < -0.3 is 10.1 Å². The van der Waals surface area contributed by atoms with E-state index >= 15 is 0 Å². The maximum Gasteiger partial charge on any atom is 0.341 e. The molecule has 2 aromatic rings. The molecule has 3 rings (SSSR count). The quantitative estimate of drug-likeness (QED) is 0.566. The molecular weight excluding hydrogens is 462 g/mol. The van der Waals surface area contributed by atoms with Crippen LogP contribution in [0.25, 0.3) is 0 Å². The van der Waals surface area contributed by atoms with Crippen LogP contribution in [0.5, 0.6) is 0 Å². The van der Waals surface area contributed by atoms with Crippen molar-refractivity contribution in [3.05, 3.63) is 45.3 Å². The summed E-state index contributed by atoms with van der Waals surface area (Å²) in [6, 6.07) is 5.46. The number of hydrogen-bond acceptors (Lipinski definition) is 6. The van der Waals surface area contributed by atoms with Crippen LogP contribution >= 0.6 is 11.3 Å². The summed E-state index contributed by atoms with van der Waals surface area (Å²) in [7, 11) is -1.08. The van der Waals surface area contributed by atoms with E-state index in [0.29, 0.717) is 16.3 Å². The molecule has 0 radical (unpaired) electrons. The number of carbonyl (C=O) groups excluding carboxylic acids is 2. The molecule has 1 heterocycles. The number of fused-ring (bicyclic) bond motifs is 1. The summed E-state index contributed by atoms with van der Waals surface area (Å²) in [5.74, 6) is -0.982. The smallest absolute Gasteiger partial charge is 0.341 e. The van der Waals surface area contributed by atoms with Gasteiger partial charge in [0.1, 0.15) is 11.5 Å². The van der Waals surface area contributed by atoms with Crippen molar-refractivity contribution < 1.29 is 22.7 Å². The summed E-state index contributed by atoms with van der Waals surface area (Å²) < 4.78 is 33.6. The summed E-state index contributed by atoms with van der Waals surface area (Å²) in [6.07, 6.45) is 3.63. The molecule has 0 atom stereocenters. The fourth-order valence-corrected chi connectivity index (χ4v) is 6.26. The van der Waals surface area contributed by atoms with Crippen LogP contribution in [0.3, 0.4) is 0 Å². The van der Waals surface area contributed by atoms with Gasteiger partial charge in [0, 0.05) is 19.0 Å². The molecule has 8 nitrogen and oxygen atoms in total. The van der Waals surface area contributed by atoms with Crippen LogP contribution in [0.4, 0.5) is 10.7 Å². The topological polar surface area (TPSA) is 96.0 Å². The molecule has 180 valence electrons. The highest BCUT2D eigenvalue weighted by atomic mass is 32.2. The Bertz CT molecular complexity index is 1160. The Morgan fingerprint density at radius 2 is 1.85 bits per heavy atom. The Kier molecular flexibility index (Phi) is 7.81. The van der Waals surface area contributed by atoms with E-state index < -0.39 is 28.6 Å². The molecule has 1 amide bonds. The molecule has 0 fully saturated rings. The molecule has 0 saturated carbocycles. The van der Waals surface area contributed by atoms with Crippen molar-refractivity contribution in [3.8, 4) is 0 Å². The Morgan fingerprint density at radius 1 is 1.15 bits per heavy atom. The predicted molar refractivity (Wildman–Crippen MR) is 131 cm³/mol. The highest BCUT2D eigenvalue weighted by Gasteiger charge is 2.31. The number of benzene rings is 1. The number of carbonyl (C=O) groups is 2. The first kappa shape index (κ1) is 25.2. The Hall–Kier alpha value is -2.43. The molecule has 1 aliphatic rings. The highest BCUT2D eigenvalue weighted by Crippen LogP contribution is 2.38. The maximum atomic E-state index is 13.1. The molecule has 0 aliphatic heterocycles. The average Bonchev–Trinajstić information content (AvgIpc) is 3.11. The predicted octanol–water partition coefficient (Wildman–Crippen LogP) is 3.67. The van der Waals surface area contributed by atoms with Crippen LogP contribution in [0.2, 0.25) is 0 Å². The van der Waals surface area contributed by atoms with Gasteiger partial charge in [0.05, 0.1) is 17.9 Å². The van der Waals surface area contributed by atoms with Crippen LogP contribution in [-0.2, 0) is 32.6 Å². The van der Waals surface area contributed by atoms with E-state index in [9.17, 15) is 18.0 Å². The fraction of sp³-hybridized carbons (Fsp3) is 0.478. The summed E-state index contributed by atoms with van der Waals surface area (Å²) >= 11 is 1.38. The molecule has 33 heavy (non-hydrogen) atoms. The first-order valence-corrected chi connectivity index (χ1v) is 13.2. The molecule has 0 saturated heterocycles. The fourth-order valence-electron chi connectivity index (χ4n) is 3.85. The highest BCUT2D eigenvalue weighted by molar-refractivity contribution is 7.90. The third kappa shape index (κ3) is 5.39. The lowest BCUT2D eigenvalue weighted by molar-refractivity contribution is -0.114. The van der Waals surface area contributed by atoms with Gasteiger partial charge >= 0.3 is 16.2 Å². The number of esters is 1. The van der Waals surface area contributed by atoms with Gasteiger partial charge in [-0.2, -0.15) is 12.7 Å². The van der Waals surface area contributed by atoms with Gasteiger partial charge in [-0.3, -0.25) is 4.79 Å². The number of amides is 1. The third-order valence-corrected chi connectivity index (χ3v) is 8.58. The van der Waals surface area contributed by atoms with Gasteiger partial charge in [-0.15, -0.1) is 11.3 Å². The third-order valence-electron chi connectivity index (χ3n) is 5.56. The lowest BCUT2D eigenvalue weighted by Gasteiger charge is -2.28. The molecular formula is C23H31N3O5S2. The van der Waals surface area contributed by atoms with E-state index in [1.165, 1.54) is 25.4 Å². The minimum Gasteiger partial charge on any atom is -0.462 e. The van der Waals surface area contributed by atoms with Gasteiger partial charge in [0.2, 0.25) is 5.91 Å². The number of anilines is 2. The Labute approximate surface area is 199 Å². The first-order valence-electron chi connectivity index (χ1n) is 10.9. The molecule has 0 bridgehead atoms. The summed E-state index contributed by atoms with van der Waals surface area (Å²) in [4.78, 5) is 26.9. The second-order valence-corrected chi connectivity index (χ2v) is 11.4. The summed E-state index contributed by atoms with van der Waals surface area (Å²) in [5, 5.41) is 3.23. The van der Waals surface area contributed by atoms with Crippen LogP contribution in [0, 0.1) is 13.8 Å². The molecule has 0 unspecified atom stereocenters. The van der Waals surface area contributed by atoms with Gasteiger partial charge in [-0.1, -0.05) is 12.1 Å². The number of hydrogen-bond donors (Lipinski definition) is 1. The Morgan fingerprint density at radius 3 is 2.52 bits per heavy atom. The minimum atomic E-state index is -3.94. The number of thiophene rings is 1. The number of nitrogens with one attached hydrogen (secondary N) is 1. The summed E-state index contributed by atoms with van der Waals surface area (Å²) in [6.45, 7) is 5.22. The van der Waals surface area contributed by atoms with E-state index in [4.69, 9.17) is 4.74 Å². The normalized spacial score (nSPS) is 13.5. The molecule has 1 aromatic carbocycles. The first-order chi connectivity index (χ1) is 15.6. The van der Waals surface area contributed by atoms with Crippen LogP contribution < -0.4 is 9.62 Å². The SMILES string of the molecule is CCOC(=O)c1c(NC(=O)CN(c2cc(C)ccc2C)S(=O)(=O)N(C)C)sc2c1CCCC2. The van der Waals surface area contributed by atoms with E-state index in [0.717, 1.165) is 55.9 Å². The van der Waals surface area contributed by atoms with E-state index in [-0.39, 0.29) is 6.61 Å².